The first kappa shape index (κ1) is 46.2. The van der Waals surface area contributed by atoms with E-state index in [-0.39, 0.29) is 54.7 Å². The summed E-state index contributed by atoms with van der Waals surface area (Å²) >= 11 is 0. The Morgan fingerprint density at radius 1 is 1.16 bits per heavy atom. The fourth-order valence-electron chi connectivity index (χ4n) is 10.7. The summed E-state index contributed by atoms with van der Waals surface area (Å²) in [5, 5.41) is 32.2. The molecule has 342 valence electrons. The molecule has 63 heavy (non-hydrogen) atoms. The van der Waals surface area contributed by atoms with Gasteiger partial charge in [0.15, 0.2) is 6.04 Å². The van der Waals surface area contributed by atoms with Gasteiger partial charge in [-0.1, -0.05) is 32.1 Å². The zero-order chi connectivity index (χ0) is 45.4. The number of hydrogen-bond donors (Lipinski definition) is 5. The monoisotopic (exact) mass is 874 g/mol. The molecule has 4 fully saturated rings. The van der Waals surface area contributed by atoms with Crippen LogP contribution in [0.15, 0.2) is 69.5 Å². The van der Waals surface area contributed by atoms with Crippen LogP contribution in [0.1, 0.15) is 60.3 Å². The molecular formula is C45H62N8O10. The van der Waals surface area contributed by atoms with E-state index in [4.69, 9.17) is 14.2 Å². The van der Waals surface area contributed by atoms with Gasteiger partial charge < -0.3 is 29.3 Å². The number of carbonyl (C=O) groups is 5. The second-order valence-electron chi connectivity index (χ2n) is 18.2. The van der Waals surface area contributed by atoms with E-state index in [1.165, 1.54) is 4.90 Å². The molecule has 5 heterocycles. The third-order valence-corrected chi connectivity index (χ3v) is 14.3. The van der Waals surface area contributed by atoms with Crippen molar-refractivity contribution in [3.8, 4) is 0 Å². The number of aliphatic hydroxyl groups is 2. The van der Waals surface area contributed by atoms with Crippen LogP contribution in [-0.4, -0.2) is 162 Å². The van der Waals surface area contributed by atoms with Crippen molar-refractivity contribution >= 4 is 41.8 Å². The van der Waals surface area contributed by atoms with Crippen LogP contribution in [0.2, 0.25) is 0 Å². The molecule has 0 radical (unpaired) electrons. The predicted molar refractivity (Wildman–Crippen MR) is 231 cm³/mol. The molecule has 2 aliphatic carbocycles. The average Bonchev–Trinajstić information content (AvgIpc) is 3.98. The highest BCUT2D eigenvalue weighted by Gasteiger charge is 2.60. The Balaban J connectivity index is 1.21. The van der Waals surface area contributed by atoms with Crippen molar-refractivity contribution in [2.75, 3.05) is 53.1 Å². The highest BCUT2D eigenvalue weighted by atomic mass is 16.5. The minimum absolute atomic E-state index is 0.0586. The van der Waals surface area contributed by atoms with E-state index in [0.29, 0.717) is 57.7 Å². The third-order valence-electron chi connectivity index (χ3n) is 14.3. The van der Waals surface area contributed by atoms with Crippen LogP contribution in [-0.2, 0) is 38.2 Å². The van der Waals surface area contributed by atoms with Gasteiger partial charge >= 0.3 is 11.9 Å². The van der Waals surface area contributed by atoms with Gasteiger partial charge in [0.05, 0.1) is 56.7 Å². The van der Waals surface area contributed by atoms with Crippen LogP contribution in [0.5, 0.6) is 0 Å². The number of nitrogens with one attached hydrogen (secondary N) is 3. The number of fused-ring (bicyclic) bond motifs is 2. The number of hydrogen-bond acceptors (Lipinski definition) is 15. The van der Waals surface area contributed by atoms with Crippen molar-refractivity contribution in [3.63, 3.8) is 0 Å². The number of ether oxygens (including phenoxy) is 3. The van der Waals surface area contributed by atoms with E-state index >= 15 is 0 Å². The summed E-state index contributed by atoms with van der Waals surface area (Å²) in [7, 11) is 1.68. The molecule has 2 saturated carbocycles. The van der Waals surface area contributed by atoms with Crippen molar-refractivity contribution in [1.82, 2.24) is 30.7 Å². The molecule has 7 rings (SSSR count). The van der Waals surface area contributed by atoms with Crippen LogP contribution < -0.4 is 16.0 Å². The molecule has 11 atom stereocenters. The normalized spacial score (nSPS) is 33.9. The first-order valence-electron chi connectivity index (χ1n) is 22.0. The molecular weight excluding hydrogens is 813 g/mol. The molecule has 8 unspecified atom stereocenters. The lowest BCUT2D eigenvalue weighted by Gasteiger charge is -2.62. The number of aliphatic imine (C=N–C) groups is 2. The summed E-state index contributed by atoms with van der Waals surface area (Å²) < 4.78 is 16.5. The van der Waals surface area contributed by atoms with Gasteiger partial charge in [-0.15, -0.1) is 0 Å². The lowest BCUT2D eigenvalue weighted by Crippen LogP contribution is -2.63. The van der Waals surface area contributed by atoms with E-state index in [1.807, 2.05) is 13.8 Å². The Labute approximate surface area is 368 Å². The molecule has 7 aliphatic rings. The van der Waals surface area contributed by atoms with Crippen molar-refractivity contribution in [2.45, 2.75) is 103 Å². The summed E-state index contributed by atoms with van der Waals surface area (Å²) in [6.45, 7) is 16.1. The second kappa shape index (κ2) is 18.7. The molecule has 2 saturated heterocycles. The molecule has 3 amide bonds. The van der Waals surface area contributed by atoms with Gasteiger partial charge in [0, 0.05) is 43.0 Å². The van der Waals surface area contributed by atoms with Gasteiger partial charge in [-0.2, -0.15) is 0 Å². The van der Waals surface area contributed by atoms with Gasteiger partial charge in [-0.3, -0.25) is 40.1 Å². The lowest BCUT2D eigenvalue weighted by atomic mass is 9.45. The van der Waals surface area contributed by atoms with Gasteiger partial charge in [-0.25, -0.2) is 19.6 Å². The molecule has 0 aromatic carbocycles. The zero-order valence-electron chi connectivity index (χ0n) is 37.0. The van der Waals surface area contributed by atoms with Crippen molar-refractivity contribution in [2.24, 2.45) is 32.7 Å². The third kappa shape index (κ3) is 8.98. The number of amides is 3. The number of guanidine groups is 1. The van der Waals surface area contributed by atoms with E-state index in [0.717, 1.165) is 5.57 Å². The number of esters is 2. The van der Waals surface area contributed by atoms with Crippen molar-refractivity contribution < 1.29 is 48.4 Å². The van der Waals surface area contributed by atoms with E-state index < -0.39 is 77.1 Å². The molecule has 0 aromatic rings. The van der Waals surface area contributed by atoms with E-state index in [9.17, 15) is 34.2 Å². The summed E-state index contributed by atoms with van der Waals surface area (Å²) in [6, 6.07) is -3.70. The summed E-state index contributed by atoms with van der Waals surface area (Å²) in [5.74, 6) is -2.35. The van der Waals surface area contributed by atoms with Crippen LogP contribution in [0, 0.1) is 22.7 Å². The maximum atomic E-state index is 14.0. The van der Waals surface area contributed by atoms with E-state index in [2.05, 4.69) is 39.4 Å². The Morgan fingerprint density at radius 3 is 2.59 bits per heavy atom. The van der Waals surface area contributed by atoms with Crippen LogP contribution in [0.4, 0.5) is 0 Å². The Bertz CT molecular complexity index is 2060. The predicted octanol–water partition coefficient (Wildman–Crippen LogP) is 0.690. The number of carbonyl (C=O) groups excluding carboxylic acids is 5. The summed E-state index contributed by atoms with van der Waals surface area (Å²) in [6.07, 6.45) is 10.6. The van der Waals surface area contributed by atoms with Gasteiger partial charge in [0.2, 0.25) is 17.8 Å². The highest BCUT2D eigenvalue weighted by Crippen LogP contribution is 2.62. The highest BCUT2D eigenvalue weighted by molar-refractivity contribution is 6.05. The fraction of sp³-hybridized carbons (Fsp3) is 0.622. The molecule has 18 nitrogen and oxygen atoms in total. The zero-order valence-corrected chi connectivity index (χ0v) is 37.0. The van der Waals surface area contributed by atoms with Crippen LogP contribution >= 0.6 is 0 Å². The molecule has 0 aromatic heterocycles. The summed E-state index contributed by atoms with van der Waals surface area (Å²) in [5.41, 5.74) is 0.208. The number of aliphatic hydroxyl groups excluding tert-OH is 2. The Kier molecular flexibility index (Phi) is 13.7. The second-order valence-corrected chi connectivity index (χ2v) is 18.2. The number of allylic oxidation sites excluding steroid dienone is 4. The minimum atomic E-state index is -1.10. The standard InChI is InChI=1S/C45H62N8O10/c1-8-62-42(60)37-40(58)53-23-28(9-10-36(53)51(37)7)19-29-20-30(41(59)63-29)33(48-26(3)38(56)50-43-46-13-14-47-43)21-31-25(2)32(49-27(4)39(57)52-15-17-61-18-16-52)22-34-44(31,5)12-11-35(55)45(34,6)24-54/h9-10,13,19-20,23,26-27,31-37,48-49,54-55H,2,8,11-12,14-18,21-22,24H2,1,3-7H3,(H,47,50,56)/b29-19+/t26?,27?,31?,32?,33?,34?,35-,36?,37?,44-,45+/m1/s1. The van der Waals surface area contributed by atoms with Gasteiger partial charge in [0.1, 0.15) is 11.9 Å². The molecule has 18 heteroatoms. The average molecular weight is 875 g/mol. The SMILES string of the molecule is C=C1C(NC(C)C(=O)N2CCOCC2)CC2[C@](C)(CC[C@@H](O)[C@@]2(C)CO)C1CC(NC(C)C(=O)NC1=NCC=N1)C1=C/C(=C\C2=CN3C(=O)C(C(=O)OCC)N(C)C3C=C2)OC1=O. The lowest BCUT2D eigenvalue weighted by molar-refractivity contribution is -0.157. The number of rotatable bonds is 13. The first-order chi connectivity index (χ1) is 30.0. The quantitative estimate of drug-likeness (QED) is 0.0978. The van der Waals surface area contributed by atoms with Gasteiger partial charge in [0.25, 0.3) is 5.91 Å². The van der Waals surface area contributed by atoms with Crippen LogP contribution in [0.3, 0.4) is 0 Å². The smallest absolute Gasteiger partial charge is 0.341 e. The maximum Gasteiger partial charge on any atom is 0.341 e. The fourth-order valence-corrected chi connectivity index (χ4v) is 10.7. The summed E-state index contributed by atoms with van der Waals surface area (Å²) in [4.78, 5) is 80.5. The number of morpholine rings is 1. The topological polar surface area (TPSA) is 224 Å². The van der Waals surface area contributed by atoms with Crippen molar-refractivity contribution in [3.05, 3.63) is 59.6 Å². The minimum Gasteiger partial charge on any atom is -0.464 e. The molecule has 0 bridgehead atoms. The molecule has 5 aliphatic heterocycles. The van der Waals surface area contributed by atoms with Crippen LogP contribution in [0.25, 0.3) is 0 Å². The maximum absolute atomic E-state index is 14.0. The Hall–Kier alpha value is -4.85. The molecule has 5 N–H and O–H groups in total. The number of cyclic esters (lactones) is 1. The van der Waals surface area contributed by atoms with Crippen molar-refractivity contribution in [1.29, 1.82) is 0 Å². The molecule has 0 spiro atoms. The van der Waals surface area contributed by atoms with E-state index in [1.54, 1.807) is 67.4 Å². The largest absolute Gasteiger partial charge is 0.464 e. The van der Waals surface area contributed by atoms with Gasteiger partial charge in [-0.05, 0) is 94.6 Å². The number of likely N-dealkylation sites (N-methyl/N-ethyl adjacent to an activating group) is 1. The number of nitrogens with zero attached hydrogens (tertiary/aromatic N) is 5. The Morgan fingerprint density at radius 2 is 1.90 bits per heavy atom. The first-order valence-corrected chi connectivity index (χ1v) is 22.0.